The maximum absolute atomic E-state index is 12.9. The Morgan fingerprint density at radius 2 is 1.94 bits per heavy atom. The highest BCUT2D eigenvalue weighted by atomic mass is 16.6. The number of hydrogen-bond donors (Lipinski definition) is 1. The number of carbonyl (C=O) groups excluding carboxylic acids is 2. The zero-order valence-corrected chi connectivity index (χ0v) is 19.0. The van der Waals surface area contributed by atoms with Gasteiger partial charge in [-0.1, -0.05) is 44.2 Å². The Kier molecular flexibility index (Phi) is 6.82. The lowest BCUT2D eigenvalue weighted by Gasteiger charge is -2.37. The smallest absolute Gasteiger partial charge is 0.337 e. The van der Waals surface area contributed by atoms with Gasteiger partial charge in [0, 0.05) is 37.0 Å². The minimum Gasteiger partial charge on any atom is -0.467 e. The SMILES string of the molecule is COC(=O)C(C)(C)OC1C=C2C(=CN(CC(C)C)C(CN)=C2c2ccccc2)CC1=O. The van der Waals surface area contributed by atoms with E-state index in [4.69, 9.17) is 15.2 Å². The highest BCUT2D eigenvalue weighted by molar-refractivity contribution is 5.97. The van der Waals surface area contributed by atoms with Gasteiger partial charge in [0.1, 0.15) is 6.10 Å². The number of allylic oxidation sites excluding steroid dienone is 3. The third kappa shape index (κ3) is 4.81. The largest absolute Gasteiger partial charge is 0.467 e. The van der Waals surface area contributed by atoms with Crippen LogP contribution in [0.4, 0.5) is 0 Å². The number of hydrogen-bond acceptors (Lipinski definition) is 6. The fourth-order valence-electron chi connectivity index (χ4n) is 4.07. The molecule has 0 saturated heterocycles. The van der Waals surface area contributed by atoms with Crippen molar-refractivity contribution in [2.24, 2.45) is 11.7 Å². The van der Waals surface area contributed by atoms with Gasteiger partial charge in [-0.2, -0.15) is 0 Å². The summed E-state index contributed by atoms with van der Waals surface area (Å²) in [6.07, 6.45) is 3.26. The van der Waals surface area contributed by atoms with E-state index in [1.54, 1.807) is 13.8 Å². The van der Waals surface area contributed by atoms with E-state index in [-0.39, 0.29) is 12.2 Å². The van der Waals surface area contributed by atoms with Crippen LogP contribution in [-0.4, -0.2) is 48.6 Å². The fourth-order valence-corrected chi connectivity index (χ4v) is 4.07. The zero-order chi connectivity index (χ0) is 22.8. The second kappa shape index (κ2) is 9.20. The van der Waals surface area contributed by atoms with Crippen LogP contribution in [0, 0.1) is 5.92 Å². The first-order valence-electron chi connectivity index (χ1n) is 10.7. The van der Waals surface area contributed by atoms with Gasteiger partial charge in [-0.25, -0.2) is 4.79 Å². The molecule has 1 aromatic carbocycles. The van der Waals surface area contributed by atoms with Crippen LogP contribution < -0.4 is 5.73 Å². The number of ether oxygens (including phenoxy) is 2. The molecule has 31 heavy (non-hydrogen) atoms. The minimum atomic E-state index is -1.24. The molecule has 1 aliphatic heterocycles. The summed E-state index contributed by atoms with van der Waals surface area (Å²) < 4.78 is 10.8. The van der Waals surface area contributed by atoms with Crippen LogP contribution in [-0.2, 0) is 19.1 Å². The molecular weight excluding hydrogens is 392 g/mol. The molecule has 1 unspecified atom stereocenters. The van der Waals surface area contributed by atoms with E-state index in [0.717, 1.165) is 34.5 Å². The van der Waals surface area contributed by atoms with E-state index >= 15 is 0 Å². The van der Waals surface area contributed by atoms with Crippen LogP contribution >= 0.6 is 0 Å². The number of nitrogens with zero attached hydrogens (tertiary/aromatic N) is 1. The molecule has 2 aliphatic rings. The van der Waals surface area contributed by atoms with Crippen molar-refractivity contribution >= 4 is 17.3 Å². The average molecular weight is 425 g/mol. The number of rotatable bonds is 7. The molecular formula is C25H32N2O4. The summed E-state index contributed by atoms with van der Waals surface area (Å²) in [5.41, 5.74) is 9.93. The Morgan fingerprint density at radius 3 is 2.52 bits per heavy atom. The summed E-state index contributed by atoms with van der Waals surface area (Å²) in [5.74, 6) is -0.175. The van der Waals surface area contributed by atoms with Crippen LogP contribution in [0.2, 0.25) is 0 Å². The number of nitrogens with two attached hydrogens (primary N) is 1. The zero-order valence-electron chi connectivity index (χ0n) is 19.0. The van der Waals surface area contributed by atoms with Crippen molar-refractivity contribution in [1.29, 1.82) is 0 Å². The van der Waals surface area contributed by atoms with Gasteiger partial charge in [-0.15, -0.1) is 0 Å². The van der Waals surface area contributed by atoms with Gasteiger partial charge in [0.2, 0.25) is 0 Å². The van der Waals surface area contributed by atoms with Gasteiger partial charge in [0.05, 0.1) is 7.11 Å². The quantitative estimate of drug-likeness (QED) is 0.675. The predicted octanol–water partition coefficient (Wildman–Crippen LogP) is 3.45. The van der Waals surface area contributed by atoms with E-state index in [0.29, 0.717) is 12.5 Å². The lowest BCUT2D eigenvalue weighted by atomic mass is 9.81. The molecule has 1 aliphatic carbocycles. The Labute approximate surface area is 184 Å². The summed E-state index contributed by atoms with van der Waals surface area (Å²) in [5, 5.41) is 0. The third-order valence-corrected chi connectivity index (χ3v) is 5.48. The molecule has 0 radical (unpaired) electrons. The van der Waals surface area contributed by atoms with Crippen molar-refractivity contribution in [3.05, 3.63) is 65.0 Å². The first kappa shape index (κ1) is 23.0. The van der Waals surface area contributed by atoms with Crippen molar-refractivity contribution in [2.45, 2.75) is 45.8 Å². The number of benzene rings is 1. The fraction of sp³-hybridized carbons (Fsp3) is 0.440. The van der Waals surface area contributed by atoms with Gasteiger partial charge < -0.3 is 20.1 Å². The van der Waals surface area contributed by atoms with E-state index in [1.807, 2.05) is 42.6 Å². The summed E-state index contributed by atoms with van der Waals surface area (Å²) in [7, 11) is 1.31. The molecule has 6 nitrogen and oxygen atoms in total. The second-order valence-corrected chi connectivity index (χ2v) is 8.86. The first-order valence-corrected chi connectivity index (χ1v) is 10.7. The molecule has 1 heterocycles. The third-order valence-electron chi connectivity index (χ3n) is 5.48. The molecule has 0 spiro atoms. The Morgan fingerprint density at radius 1 is 1.26 bits per heavy atom. The van der Waals surface area contributed by atoms with Crippen molar-refractivity contribution in [1.82, 2.24) is 4.90 Å². The number of carbonyl (C=O) groups is 2. The molecule has 0 bridgehead atoms. The molecule has 0 fully saturated rings. The van der Waals surface area contributed by atoms with Gasteiger partial charge >= 0.3 is 5.97 Å². The molecule has 0 amide bonds. The number of methoxy groups -OCH3 is 1. The lowest BCUT2D eigenvalue weighted by molar-refractivity contribution is -0.171. The maximum atomic E-state index is 12.9. The Balaban J connectivity index is 2.11. The number of fused-ring (bicyclic) bond motifs is 1. The van der Waals surface area contributed by atoms with Gasteiger partial charge in [0.15, 0.2) is 11.4 Å². The second-order valence-electron chi connectivity index (χ2n) is 8.86. The summed E-state index contributed by atoms with van der Waals surface area (Å²) in [6.45, 7) is 8.71. The molecule has 1 aromatic rings. The van der Waals surface area contributed by atoms with Crippen LogP contribution in [0.5, 0.6) is 0 Å². The van der Waals surface area contributed by atoms with E-state index in [2.05, 4.69) is 18.7 Å². The van der Waals surface area contributed by atoms with Gasteiger partial charge in [-0.05, 0) is 42.6 Å². The highest BCUT2D eigenvalue weighted by Gasteiger charge is 2.39. The standard InChI is InChI=1S/C25H32N2O4/c1-16(2)14-27-15-18-11-21(28)22(31-25(3,4)24(29)30-5)12-19(18)23(20(27)13-26)17-9-7-6-8-10-17/h6-10,12,15-16,22H,11,13-14,26H2,1-5H3. The maximum Gasteiger partial charge on any atom is 0.337 e. The molecule has 2 N–H and O–H groups in total. The Hall–Kier alpha value is -2.70. The molecule has 166 valence electrons. The van der Waals surface area contributed by atoms with Crippen molar-refractivity contribution in [3.63, 3.8) is 0 Å². The minimum absolute atomic E-state index is 0.0833. The predicted molar refractivity (Wildman–Crippen MR) is 121 cm³/mol. The van der Waals surface area contributed by atoms with Gasteiger partial charge in [-0.3, -0.25) is 4.79 Å². The van der Waals surface area contributed by atoms with Crippen molar-refractivity contribution < 1.29 is 19.1 Å². The van der Waals surface area contributed by atoms with Crippen molar-refractivity contribution in [3.8, 4) is 0 Å². The summed E-state index contributed by atoms with van der Waals surface area (Å²) in [6, 6.07) is 10.1. The van der Waals surface area contributed by atoms with Crippen LogP contribution in [0.3, 0.4) is 0 Å². The number of Topliss-reactive ketones (excluding diaryl/α,β-unsaturated/α-hetero) is 1. The van der Waals surface area contributed by atoms with Crippen LogP contribution in [0.1, 0.15) is 39.7 Å². The van der Waals surface area contributed by atoms with Crippen LogP contribution in [0.15, 0.2) is 59.5 Å². The normalized spacial score (nSPS) is 19.3. The van der Waals surface area contributed by atoms with Crippen molar-refractivity contribution in [2.75, 3.05) is 20.2 Å². The summed E-state index contributed by atoms with van der Waals surface area (Å²) in [4.78, 5) is 27.2. The molecule has 3 rings (SSSR count). The number of esters is 1. The molecule has 0 aromatic heterocycles. The van der Waals surface area contributed by atoms with E-state index < -0.39 is 17.7 Å². The van der Waals surface area contributed by atoms with E-state index in [9.17, 15) is 9.59 Å². The molecule has 1 atom stereocenters. The van der Waals surface area contributed by atoms with Gasteiger partial charge in [0.25, 0.3) is 0 Å². The highest BCUT2D eigenvalue weighted by Crippen LogP contribution is 2.41. The number of ketones is 1. The van der Waals surface area contributed by atoms with Crippen LogP contribution in [0.25, 0.3) is 5.57 Å². The average Bonchev–Trinajstić information content (AvgIpc) is 2.73. The monoisotopic (exact) mass is 424 g/mol. The lowest BCUT2D eigenvalue weighted by Crippen LogP contribution is -2.43. The van der Waals surface area contributed by atoms with E-state index in [1.165, 1.54) is 7.11 Å². The summed E-state index contributed by atoms with van der Waals surface area (Å²) >= 11 is 0. The molecule has 6 heteroatoms. The first-order chi connectivity index (χ1) is 14.7. The Bertz CT molecular complexity index is 942. The topological polar surface area (TPSA) is 81.9 Å². The molecule has 0 saturated carbocycles.